The molecule has 0 spiro atoms. The van der Waals surface area contributed by atoms with Gasteiger partial charge in [0.05, 0.1) is 17.8 Å². The minimum atomic E-state index is -4.44. The van der Waals surface area contributed by atoms with Gasteiger partial charge in [-0.15, -0.1) is 0 Å². The van der Waals surface area contributed by atoms with Crippen LogP contribution in [0.25, 0.3) is 22.3 Å². The van der Waals surface area contributed by atoms with Gasteiger partial charge < -0.3 is 16.0 Å². The van der Waals surface area contributed by atoms with Gasteiger partial charge in [-0.1, -0.05) is 106 Å². The second-order valence-electron chi connectivity index (χ2n) is 13.1. The summed E-state index contributed by atoms with van der Waals surface area (Å²) < 4.78 is 39.6. The molecule has 5 rings (SSSR count). The molecule has 256 valence electrons. The lowest BCUT2D eigenvalue weighted by molar-refractivity contribution is -0.137. The highest BCUT2D eigenvalue weighted by Gasteiger charge is 2.39. The number of benzene rings is 4. The van der Waals surface area contributed by atoms with E-state index in [1.807, 2.05) is 87.5 Å². The zero-order valence-corrected chi connectivity index (χ0v) is 28.0. The van der Waals surface area contributed by atoms with Crippen molar-refractivity contribution >= 4 is 23.4 Å². The third-order valence-corrected chi connectivity index (χ3v) is 9.15. The van der Waals surface area contributed by atoms with Crippen LogP contribution in [0, 0.1) is 17.8 Å². The van der Waals surface area contributed by atoms with Crippen LogP contribution in [-0.2, 0) is 27.1 Å². The lowest BCUT2D eigenvalue weighted by atomic mass is 9.81. The lowest BCUT2D eigenvalue weighted by Crippen LogP contribution is -2.47. The molecule has 3 N–H and O–H groups in total. The van der Waals surface area contributed by atoms with E-state index >= 15 is 0 Å². The molecule has 0 radical (unpaired) electrons. The van der Waals surface area contributed by atoms with Crippen molar-refractivity contribution in [3.63, 3.8) is 0 Å². The van der Waals surface area contributed by atoms with Gasteiger partial charge in [-0.05, 0) is 70.8 Å². The first-order valence-electron chi connectivity index (χ1n) is 16.7. The molecular formula is C40H42F3N3O3. The van der Waals surface area contributed by atoms with E-state index in [0.29, 0.717) is 35.2 Å². The van der Waals surface area contributed by atoms with E-state index in [4.69, 9.17) is 5.73 Å². The maximum absolute atomic E-state index is 14.7. The fourth-order valence-electron chi connectivity index (χ4n) is 6.70. The second kappa shape index (κ2) is 15.1. The van der Waals surface area contributed by atoms with Crippen molar-refractivity contribution in [3.05, 3.63) is 114 Å². The molecular weight excluding hydrogens is 627 g/mol. The fourth-order valence-corrected chi connectivity index (χ4v) is 6.70. The highest BCUT2D eigenvalue weighted by molar-refractivity contribution is 6.06. The molecule has 3 atom stereocenters. The Morgan fingerprint density at radius 1 is 0.857 bits per heavy atom. The summed E-state index contributed by atoms with van der Waals surface area (Å²) >= 11 is 0. The Morgan fingerprint density at radius 3 is 2.18 bits per heavy atom. The summed E-state index contributed by atoms with van der Waals surface area (Å²) in [4.78, 5) is 43.2. The molecule has 1 unspecified atom stereocenters. The number of nitrogens with two attached hydrogens (primary N) is 1. The van der Waals surface area contributed by atoms with Crippen LogP contribution in [0.2, 0.25) is 0 Å². The van der Waals surface area contributed by atoms with Crippen molar-refractivity contribution in [1.82, 2.24) is 5.32 Å². The largest absolute Gasteiger partial charge is 0.416 e. The highest BCUT2D eigenvalue weighted by atomic mass is 19.4. The Kier molecular flexibility index (Phi) is 10.9. The Hall–Kier alpha value is -4.92. The number of primary amides is 1. The Balaban J connectivity index is 1.53. The van der Waals surface area contributed by atoms with Crippen LogP contribution < -0.4 is 16.0 Å². The van der Waals surface area contributed by atoms with Crippen molar-refractivity contribution in [2.45, 2.75) is 65.2 Å². The SMILES string of the molecule is CCCC[C@H](C(N)=O)[C@@H](CC(C)C)C(=O)NC1C(=O)N(Cc2cccc(-c3ccc(C(F)(F)F)cc3)c2)c2ccccc2-c2ccccc21. The van der Waals surface area contributed by atoms with Crippen LogP contribution in [0.3, 0.4) is 0 Å². The summed E-state index contributed by atoms with van der Waals surface area (Å²) in [5, 5.41) is 3.06. The number of hydrogen-bond donors (Lipinski definition) is 2. The number of rotatable bonds is 12. The normalized spacial score (nSPS) is 15.6. The zero-order valence-electron chi connectivity index (χ0n) is 28.0. The Bertz CT molecular complexity index is 1800. The number of alkyl halides is 3. The summed E-state index contributed by atoms with van der Waals surface area (Å²) in [5.74, 6) is -2.53. The van der Waals surface area contributed by atoms with Gasteiger partial charge in [0, 0.05) is 17.4 Å². The standard InChI is InChI=1S/C40H42F3N3O3/c1-4-5-13-33(37(44)47)34(22-25(2)3)38(48)45-36-32-16-7-6-14-30(32)31-15-8-9-17-35(31)46(39(36)49)24-26-11-10-12-28(23-26)27-18-20-29(21-19-27)40(41,42)43/h6-12,14-21,23,25,33-34,36H,4-5,13,22,24H2,1-3H3,(H2,44,47)(H,45,48)/t33-,34+,36?/m0/s1. The van der Waals surface area contributed by atoms with Crippen molar-refractivity contribution in [2.24, 2.45) is 23.5 Å². The minimum absolute atomic E-state index is 0.106. The molecule has 0 aromatic heterocycles. The summed E-state index contributed by atoms with van der Waals surface area (Å²) in [6.07, 6.45) is -1.92. The molecule has 1 aliphatic heterocycles. The van der Waals surface area contributed by atoms with Gasteiger partial charge in [-0.25, -0.2) is 0 Å². The van der Waals surface area contributed by atoms with Gasteiger partial charge in [0.15, 0.2) is 0 Å². The van der Waals surface area contributed by atoms with Crippen LogP contribution in [0.5, 0.6) is 0 Å². The third kappa shape index (κ3) is 8.04. The Labute approximate surface area is 285 Å². The van der Waals surface area contributed by atoms with Crippen LogP contribution in [0.1, 0.15) is 69.2 Å². The number of para-hydroxylation sites is 1. The molecule has 4 aromatic carbocycles. The number of nitrogens with one attached hydrogen (secondary N) is 1. The predicted octanol–water partition coefficient (Wildman–Crippen LogP) is 8.70. The molecule has 1 heterocycles. The first kappa shape index (κ1) is 35.4. The minimum Gasteiger partial charge on any atom is -0.369 e. The predicted molar refractivity (Wildman–Crippen MR) is 186 cm³/mol. The van der Waals surface area contributed by atoms with Crippen molar-refractivity contribution < 1.29 is 27.6 Å². The van der Waals surface area contributed by atoms with Gasteiger partial charge in [-0.3, -0.25) is 14.4 Å². The fraction of sp³-hybridized carbons (Fsp3) is 0.325. The summed E-state index contributed by atoms with van der Waals surface area (Å²) in [7, 11) is 0. The number of anilines is 1. The van der Waals surface area contributed by atoms with Crippen LogP contribution >= 0.6 is 0 Å². The van der Waals surface area contributed by atoms with Gasteiger partial charge in [0.1, 0.15) is 6.04 Å². The number of hydrogen-bond acceptors (Lipinski definition) is 3. The topological polar surface area (TPSA) is 92.5 Å². The van der Waals surface area contributed by atoms with Gasteiger partial charge in [0.25, 0.3) is 5.91 Å². The van der Waals surface area contributed by atoms with E-state index in [9.17, 15) is 27.6 Å². The molecule has 3 amide bonds. The molecule has 0 saturated carbocycles. The summed E-state index contributed by atoms with van der Waals surface area (Å²) in [6.45, 7) is 6.13. The number of halogens is 3. The quantitative estimate of drug-likeness (QED) is 0.158. The summed E-state index contributed by atoms with van der Waals surface area (Å²) in [5.41, 5.74) is 10.1. The Morgan fingerprint density at radius 2 is 1.53 bits per heavy atom. The maximum Gasteiger partial charge on any atom is 0.416 e. The molecule has 0 aliphatic carbocycles. The van der Waals surface area contributed by atoms with E-state index in [2.05, 4.69) is 5.32 Å². The molecule has 0 saturated heterocycles. The first-order valence-corrected chi connectivity index (χ1v) is 16.7. The van der Waals surface area contributed by atoms with Crippen molar-refractivity contribution in [2.75, 3.05) is 4.90 Å². The number of nitrogens with zero attached hydrogens (tertiary/aromatic N) is 1. The van der Waals surface area contributed by atoms with Crippen LogP contribution in [0.15, 0.2) is 97.1 Å². The van der Waals surface area contributed by atoms with E-state index < -0.39 is 41.4 Å². The molecule has 6 nitrogen and oxygen atoms in total. The van der Waals surface area contributed by atoms with Crippen LogP contribution in [0.4, 0.5) is 18.9 Å². The molecule has 4 aromatic rings. The number of amides is 3. The van der Waals surface area contributed by atoms with Crippen LogP contribution in [-0.4, -0.2) is 17.7 Å². The average Bonchev–Trinajstić information content (AvgIpc) is 3.17. The van der Waals surface area contributed by atoms with Gasteiger partial charge >= 0.3 is 6.18 Å². The van der Waals surface area contributed by atoms with E-state index in [0.717, 1.165) is 41.7 Å². The number of unbranched alkanes of at least 4 members (excludes halogenated alkanes) is 1. The molecule has 0 fully saturated rings. The van der Waals surface area contributed by atoms with Gasteiger partial charge in [-0.2, -0.15) is 13.2 Å². The highest BCUT2D eigenvalue weighted by Crippen LogP contribution is 2.41. The van der Waals surface area contributed by atoms with Gasteiger partial charge in [0.2, 0.25) is 11.8 Å². The van der Waals surface area contributed by atoms with E-state index in [1.165, 1.54) is 12.1 Å². The molecule has 49 heavy (non-hydrogen) atoms. The summed E-state index contributed by atoms with van der Waals surface area (Å²) in [6, 6.07) is 26.3. The lowest BCUT2D eigenvalue weighted by Gasteiger charge is -2.30. The maximum atomic E-state index is 14.7. The van der Waals surface area contributed by atoms with Crippen molar-refractivity contribution in [3.8, 4) is 22.3 Å². The number of carbonyl (C=O) groups excluding carboxylic acids is 3. The third-order valence-electron chi connectivity index (χ3n) is 9.15. The molecule has 0 bridgehead atoms. The number of carbonyl (C=O) groups is 3. The molecule has 9 heteroatoms. The monoisotopic (exact) mass is 669 g/mol. The molecule has 1 aliphatic rings. The number of fused-ring (bicyclic) bond motifs is 3. The smallest absolute Gasteiger partial charge is 0.369 e. The zero-order chi connectivity index (χ0) is 35.3. The average molecular weight is 670 g/mol. The first-order chi connectivity index (χ1) is 23.4. The van der Waals surface area contributed by atoms with Crippen molar-refractivity contribution in [1.29, 1.82) is 0 Å². The van der Waals surface area contributed by atoms with E-state index in [-0.39, 0.29) is 18.4 Å². The second-order valence-corrected chi connectivity index (χ2v) is 13.1. The van der Waals surface area contributed by atoms with E-state index in [1.54, 1.807) is 11.0 Å².